The molecule has 2 aromatic carbocycles. The Hall–Kier alpha value is -2.48. The first-order valence-electron chi connectivity index (χ1n) is 6.73. The number of rotatable bonds is 6. The molecule has 0 aliphatic rings. The average molecular weight is 400 g/mol. The van der Waals surface area contributed by atoms with E-state index in [-0.39, 0.29) is 0 Å². The van der Waals surface area contributed by atoms with Crippen molar-refractivity contribution >= 4 is 33.5 Å². The van der Waals surface area contributed by atoms with E-state index in [1.165, 1.54) is 6.07 Å². The quantitative estimate of drug-likeness (QED) is 0.756. The Kier molecular flexibility index (Phi) is 6.25. The monoisotopic (exact) mass is 399 g/mol. The summed E-state index contributed by atoms with van der Waals surface area (Å²) in [6, 6.07) is 9.91. The van der Waals surface area contributed by atoms with E-state index in [9.17, 15) is 18.4 Å². The summed E-state index contributed by atoms with van der Waals surface area (Å²) in [5.74, 6) is -3.05. The molecule has 0 saturated heterocycles. The second-order valence-electron chi connectivity index (χ2n) is 4.55. The Morgan fingerprint density at radius 2 is 1.62 bits per heavy atom. The molecule has 0 saturated carbocycles. The van der Waals surface area contributed by atoms with Crippen LogP contribution in [0.5, 0.6) is 5.75 Å². The van der Waals surface area contributed by atoms with Gasteiger partial charge in [-0.15, -0.1) is 0 Å². The summed E-state index contributed by atoms with van der Waals surface area (Å²) < 4.78 is 37.4. The zero-order valence-electron chi connectivity index (χ0n) is 12.2. The molecule has 0 spiro atoms. The molecule has 5 nitrogen and oxygen atoms in total. The number of para-hydroxylation sites is 1. The van der Waals surface area contributed by atoms with Crippen LogP contribution in [0.3, 0.4) is 0 Å². The molecular formula is C16H12BrF2NO4. The smallest absolute Gasteiger partial charge is 0.344 e. The van der Waals surface area contributed by atoms with E-state index in [4.69, 9.17) is 4.74 Å². The summed E-state index contributed by atoms with van der Waals surface area (Å²) >= 11 is 3.26. The number of anilines is 1. The van der Waals surface area contributed by atoms with E-state index in [2.05, 4.69) is 20.7 Å². The minimum Gasteiger partial charge on any atom is -0.482 e. The molecule has 2 aromatic rings. The fourth-order valence-corrected chi connectivity index (χ4v) is 1.92. The zero-order valence-corrected chi connectivity index (χ0v) is 13.8. The Labute approximate surface area is 144 Å². The van der Waals surface area contributed by atoms with Gasteiger partial charge in [0.05, 0.1) is 0 Å². The van der Waals surface area contributed by atoms with Gasteiger partial charge in [0.1, 0.15) is 23.1 Å². The first kappa shape index (κ1) is 17.9. The van der Waals surface area contributed by atoms with Crippen molar-refractivity contribution in [3.05, 3.63) is 58.6 Å². The highest BCUT2D eigenvalue weighted by molar-refractivity contribution is 9.10. The van der Waals surface area contributed by atoms with Gasteiger partial charge >= 0.3 is 5.97 Å². The standard InChI is InChI=1S/C16H12BrF2NO4/c17-10-4-6-11(7-5-10)23-9-15(22)24-8-14(21)20-16-12(18)2-1-3-13(16)19/h1-7H,8-9H2,(H,20,21). The van der Waals surface area contributed by atoms with Crippen molar-refractivity contribution in [1.29, 1.82) is 0 Å². The molecule has 0 bridgehead atoms. The van der Waals surface area contributed by atoms with E-state index in [0.717, 1.165) is 16.6 Å². The van der Waals surface area contributed by atoms with Crippen molar-refractivity contribution in [2.75, 3.05) is 18.5 Å². The van der Waals surface area contributed by atoms with Crippen LogP contribution in [0, 0.1) is 11.6 Å². The third-order valence-corrected chi connectivity index (χ3v) is 3.29. The summed E-state index contributed by atoms with van der Waals surface area (Å²) in [5.41, 5.74) is -0.593. The fraction of sp³-hybridized carbons (Fsp3) is 0.125. The average Bonchev–Trinajstić information content (AvgIpc) is 2.56. The number of hydrogen-bond acceptors (Lipinski definition) is 4. The van der Waals surface area contributed by atoms with Gasteiger partial charge in [-0.1, -0.05) is 22.0 Å². The van der Waals surface area contributed by atoms with Crippen LogP contribution in [0.15, 0.2) is 46.9 Å². The van der Waals surface area contributed by atoms with E-state index < -0.39 is 42.4 Å². The Balaban J connectivity index is 1.77. The largest absolute Gasteiger partial charge is 0.482 e. The number of esters is 1. The second kappa shape index (κ2) is 8.39. The third-order valence-electron chi connectivity index (χ3n) is 2.76. The lowest BCUT2D eigenvalue weighted by Crippen LogP contribution is -2.24. The number of halogens is 3. The van der Waals surface area contributed by atoms with E-state index >= 15 is 0 Å². The highest BCUT2D eigenvalue weighted by Crippen LogP contribution is 2.18. The van der Waals surface area contributed by atoms with E-state index in [0.29, 0.717) is 5.75 Å². The van der Waals surface area contributed by atoms with Gasteiger partial charge in [0, 0.05) is 4.47 Å². The maximum Gasteiger partial charge on any atom is 0.344 e. The lowest BCUT2D eigenvalue weighted by Gasteiger charge is -2.09. The summed E-state index contributed by atoms with van der Waals surface area (Å²) in [4.78, 5) is 23.1. The van der Waals surface area contributed by atoms with E-state index in [1.807, 2.05) is 5.32 Å². The first-order valence-corrected chi connectivity index (χ1v) is 7.53. The molecule has 0 unspecified atom stereocenters. The number of hydrogen-bond donors (Lipinski definition) is 1. The second-order valence-corrected chi connectivity index (χ2v) is 5.46. The van der Waals surface area contributed by atoms with Gasteiger partial charge in [0.2, 0.25) is 0 Å². The summed E-state index contributed by atoms with van der Waals surface area (Å²) in [5, 5.41) is 2.00. The predicted molar refractivity (Wildman–Crippen MR) is 85.6 cm³/mol. The van der Waals surface area contributed by atoms with Crippen LogP contribution in [0.1, 0.15) is 0 Å². The van der Waals surface area contributed by atoms with Crippen LogP contribution in [0.25, 0.3) is 0 Å². The van der Waals surface area contributed by atoms with E-state index in [1.54, 1.807) is 24.3 Å². The molecule has 0 aliphatic carbocycles. The summed E-state index contributed by atoms with van der Waals surface area (Å²) in [6.07, 6.45) is 0. The van der Waals surface area contributed by atoms with Gasteiger partial charge in [0.15, 0.2) is 13.2 Å². The van der Waals surface area contributed by atoms with Crippen LogP contribution in [-0.4, -0.2) is 25.1 Å². The molecule has 1 N–H and O–H groups in total. The van der Waals surface area contributed by atoms with Crippen LogP contribution in [0.2, 0.25) is 0 Å². The summed E-state index contributed by atoms with van der Waals surface area (Å²) in [7, 11) is 0. The number of ether oxygens (including phenoxy) is 2. The molecule has 0 heterocycles. The number of nitrogens with one attached hydrogen (secondary N) is 1. The fourth-order valence-electron chi connectivity index (χ4n) is 1.65. The molecule has 24 heavy (non-hydrogen) atoms. The zero-order chi connectivity index (χ0) is 17.5. The molecule has 0 aliphatic heterocycles. The minimum absolute atomic E-state index is 0.400. The molecule has 8 heteroatoms. The number of benzene rings is 2. The molecule has 0 atom stereocenters. The molecule has 0 radical (unpaired) electrons. The SMILES string of the molecule is O=C(COC(=O)COc1ccc(Br)cc1)Nc1c(F)cccc1F. The van der Waals surface area contributed by atoms with Gasteiger partial charge in [-0.3, -0.25) is 4.79 Å². The first-order chi connectivity index (χ1) is 11.5. The molecule has 2 rings (SSSR count). The van der Waals surface area contributed by atoms with Crippen molar-refractivity contribution in [2.24, 2.45) is 0 Å². The molecule has 0 fully saturated rings. The summed E-state index contributed by atoms with van der Waals surface area (Å²) in [6.45, 7) is -1.08. The lowest BCUT2D eigenvalue weighted by molar-refractivity contribution is -0.149. The minimum atomic E-state index is -0.923. The highest BCUT2D eigenvalue weighted by atomic mass is 79.9. The maximum absolute atomic E-state index is 13.4. The van der Waals surface area contributed by atoms with Gasteiger partial charge in [-0.2, -0.15) is 0 Å². The van der Waals surface area contributed by atoms with Crippen molar-refractivity contribution in [1.82, 2.24) is 0 Å². The van der Waals surface area contributed by atoms with Crippen molar-refractivity contribution < 1.29 is 27.8 Å². The highest BCUT2D eigenvalue weighted by Gasteiger charge is 2.13. The molecule has 126 valence electrons. The third kappa shape index (κ3) is 5.31. The molecule has 1 amide bonds. The van der Waals surface area contributed by atoms with Crippen LogP contribution in [-0.2, 0) is 14.3 Å². The topological polar surface area (TPSA) is 64.6 Å². The van der Waals surface area contributed by atoms with Gasteiger partial charge in [0.25, 0.3) is 5.91 Å². The van der Waals surface area contributed by atoms with Crippen LogP contribution >= 0.6 is 15.9 Å². The van der Waals surface area contributed by atoms with Crippen molar-refractivity contribution in [2.45, 2.75) is 0 Å². The van der Waals surface area contributed by atoms with Crippen LogP contribution in [0.4, 0.5) is 14.5 Å². The number of carbonyl (C=O) groups excluding carboxylic acids is 2. The lowest BCUT2D eigenvalue weighted by atomic mass is 10.3. The predicted octanol–water partition coefficient (Wildman–Crippen LogP) is 3.29. The maximum atomic E-state index is 13.4. The molecule has 0 aromatic heterocycles. The Bertz CT molecular complexity index is 717. The Morgan fingerprint density at radius 1 is 1.00 bits per heavy atom. The Morgan fingerprint density at radius 3 is 2.25 bits per heavy atom. The normalized spacial score (nSPS) is 10.1. The van der Waals surface area contributed by atoms with Crippen molar-refractivity contribution in [3.63, 3.8) is 0 Å². The van der Waals surface area contributed by atoms with Gasteiger partial charge in [-0.25, -0.2) is 13.6 Å². The van der Waals surface area contributed by atoms with Gasteiger partial charge < -0.3 is 14.8 Å². The molecular weight excluding hydrogens is 388 g/mol. The van der Waals surface area contributed by atoms with Gasteiger partial charge in [-0.05, 0) is 36.4 Å². The number of amides is 1. The van der Waals surface area contributed by atoms with Crippen LogP contribution < -0.4 is 10.1 Å². The van der Waals surface area contributed by atoms with Crippen molar-refractivity contribution in [3.8, 4) is 5.75 Å². The number of carbonyl (C=O) groups is 2.